The van der Waals surface area contributed by atoms with Gasteiger partial charge in [-0.2, -0.15) is 0 Å². The minimum Gasteiger partial charge on any atom is -0.481 e. The van der Waals surface area contributed by atoms with Crippen LogP contribution in [0.2, 0.25) is 0 Å². The summed E-state index contributed by atoms with van der Waals surface area (Å²) in [5, 5.41) is 9.06. The molecule has 3 aromatic carbocycles. The summed E-state index contributed by atoms with van der Waals surface area (Å²) in [4.78, 5) is 25.9. The Morgan fingerprint density at radius 2 is 1.52 bits per heavy atom. The van der Waals surface area contributed by atoms with Crippen LogP contribution in [-0.2, 0) is 17.8 Å². The summed E-state index contributed by atoms with van der Waals surface area (Å²) in [7, 11) is 0. The van der Waals surface area contributed by atoms with E-state index >= 15 is 0 Å². The molecule has 0 aliphatic rings. The van der Waals surface area contributed by atoms with Crippen LogP contribution in [0.1, 0.15) is 27.0 Å². The molecule has 3 aromatic rings. The van der Waals surface area contributed by atoms with E-state index in [1.54, 1.807) is 23.1 Å². The maximum absolute atomic E-state index is 13.2. The van der Waals surface area contributed by atoms with Crippen molar-refractivity contribution in [2.75, 3.05) is 4.90 Å². The first kappa shape index (κ1) is 18.4. The Hall–Kier alpha value is -3.40. The number of anilines is 1. The van der Waals surface area contributed by atoms with Gasteiger partial charge in [-0.3, -0.25) is 9.59 Å². The van der Waals surface area contributed by atoms with Gasteiger partial charge in [0.15, 0.2) is 0 Å². The summed E-state index contributed by atoms with van der Waals surface area (Å²) in [5.74, 6) is -1.02. The molecule has 0 saturated heterocycles. The number of carbonyl (C=O) groups is 2. The zero-order valence-corrected chi connectivity index (χ0v) is 15.1. The number of benzene rings is 3. The lowest BCUT2D eigenvalue weighted by molar-refractivity contribution is -0.136. The fourth-order valence-corrected chi connectivity index (χ4v) is 2.91. The van der Waals surface area contributed by atoms with E-state index in [0.29, 0.717) is 23.4 Å². The molecule has 27 heavy (non-hydrogen) atoms. The molecule has 0 spiro atoms. The first-order valence-corrected chi connectivity index (χ1v) is 8.76. The van der Waals surface area contributed by atoms with Crippen molar-refractivity contribution in [3.63, 3.8) is 0 Å². The molecule has 0 atom stereocenters. The summed E-state index contributed by atoms with van der Waals surface area (Å²) >= 11 is 0. The number of hydrogen-bond donors (Lipinski definition) is 1. The van der Waals surface area contributed by atoms with E-state index in [0.717, 1.165) is 11.1 Å². The molecule has 0 aliphatic heterocycles. The van der Waals surface area contributed by atoms with Gasteiger partial charge in [-0.1, -0.05) is 60.2 Å². The SMILES string of the molecule is Cc1ccc(C(=O)N(Cc2ccccc2)c2cccc(CC(=O)O)c2)cc1. The Morgan fingerprint density at radius 1 is 0.852 bits per heavy atom. The van der Waals surface area contributed by atoms with Gasteiger partial charge in [-0.05, 0) is 42.3 Å². The van der Waals surface area contributed by atoms with Crippen molar-refractivity contribution >= 4 is 17.6 Å². The first-order valence-electron chi connectivity index (χ1n) is 8.76. The molecule has 3 rings (SSSR count). The normalized spacial score (nSPS) is 10.4. The minimum atomic E-state index is -0.897. The molecule has 0 aromatic heterocycles. The summed E-state index contributed by atoms with van der Waals surface area (Å²) in [6.07, 6.45) is -0.0776. The van der Waals surface area contributed by atoms with Crippen molar-refractivity contribution in [1.82, 2.24) is 0 Å². The lowest BCUT2D eigenvalue weighted by Crippen LogP contribution is -2.30. The van der Waals surface area contributed by atoms with E-state index in [1.165, 1.54) is 0 Å². The van der Waals surface area contributed by atoms with Crippen molar-refractivity contribution < 1.29 is 14.7 Å². The minimum absolute atomic E-state index is 0.0776. The number of rotatable bonds is 6. The number of carbonyl (C=O) groups excluding carboxylic acids is 1. The molecule has 0 unspecified atom stereocenters. The highest BCUT2D eigenvalue weighted by Gasteiger charge is 2.19. The third kappa shape index (κ3) is 4.82. The molecule has 0 aliphatic carbocycles. The van der Waals surface area contributed by atoms with Crippen LogP contribution in [0.3, 0.4) is 0 Å². The maximum Gasteiger partial charge on any atom is 0.307 e. The summed E-state index contributed by atoms with van der Waals surface area (Å²) < 4.78 is 0. The standard InChI is InChI=1S/C23H21NO3/c1-17-10-12-20(13-11-17)23(27)24(16-18-6-3-2-4-7-18)21-9-5-8-19(14-21)15-22(25)26/h2-14H,15-16H2,1H3,(H,25,26). The molecule has 0 radical (unpaired) electrons. The number of carboxylic acid groups (broad SMARTS) is 1. The second-order valence-electron chi connectivity index (χ2n) is 6.48. The van der Waals surface area contributed by atoms with Crippen LogP contribution in [0.15, 0.2) is 78.9 Å². The average molecular weight is 359 g/mol. The second-order valence-corrected chi connectivity index (χ2v) is 6.48. The molecule has 0 fully saturated rings. The van der Waals surface area contributed by atoms with Crippen LogP contribution in [0.25, 0.3) is 0 Å². The third-order valence-corrected chi connectivity index (χ3v) is 4.30. The van der Waals surface area contributed by atoms with Gasteiger partial charge in [0, 0.05) is 11.3 Å². The molecular weight excluding hydrogens is 338 g/mol. The zero-order valence-electron chi connectivity index (χ0n) is 15.1. The van der Waals surface area contributed by atoms with Gasteiger partial charge < -0.3 is 10.0 Å². The van der Waals surface area contributed by atoms with Crippen LogP contribution in [-0.4, -0.2) is 17.0 Å². The van der Waals surface area contributed by atoms with Crippen LogP contribution in [0.5, 0.6) is 0 Å². The molecule has 0 bridgehead atoms. The summed E-state index contributed by atoms with van der Waals surface area (Å²) in [6.45, 7) is 2.38. The predicted molar refractivity (Wildman–Crippen MR) is 106 cm³/mol. The van der Waals surface area contributed by atoms with Crippen molar-refractivity contribution in [1.29, 1.82) is 0 Å². The lowest BCUT2D eigenvalue weighted by Gasteiger charge is -2.24. The molecule has 1 amide bonds. The van der Waals surface area contributed by atoms with E-state index in [4.69, 9.17) is 5.11 Å². The Morgan fingerprint density at radius 3 is 2.19 bits per heavy atom. The number of aryl methyl sites for hydroxylation is 1. The molecule has 4 heteroatoms. The second kappa shape index (κ2) is 8.32. The van der Waals surface area contributed by atoms with Crippen molar-refractivity contribution in [3.05, 3.63) is 101 Å². The van der Waals surface area contributed by atoms with Crippen LogP contribution >= 0.6 is 0 Å². The molecule has 4 nitrogen and oxygen atoms in total. The fourth-order valence-electron chi connectivity index (χ4n) is 2.91. The molecular formula is C23H21NO3. The van der Waals surface area contributed by atoms with Gasteiger partial charge in [0.2, 0.25) is 0 Å². The number of hydrogen-bond acceptors (Lipinski definition) is 2. The van der Waals surface area contributed by atoms with Crippen LogP contribution in [0.4, 0.5) is 5.69 Å². The number of carboxylic acids is 1. The average Bonchev–Trinajstić information content (AvgIpc) is 2.67. The van der Waals surface area contributed by atoms with E-state index in [9.17, 15) is 9.59 Å². The van der Waals surface area contributed by atoms with Crippen LogP contribution < -0.4 is 4.90 Å². The van der Waals surface area contributed by atoms with Gasteiger partial charge in [-0.15, -0.1) is 0 Å². The smallest absolute Gasteiger partial charge is 0.307 e. The Balaban J connectivity index is 1.98. The van der Waals surface area contributed by atoms with E-state index in [-0.39, 0.29) is 12.3 Å². The van der Waals surface area contributed by atoms with Crippen molar-refractivity contribution in [2.24, 2.45) is 0 Å². The van der Waals surface area contributed by atoms with E-state index in [1.807, 2.05) is 67.6 Å². The number of aliphatic carboxylic acids is 1. The van der Waals surface area contributed by atoms with Gasteiger partial charge >= 0.3 is 5.97 Å². The van der Waals surface area contributed by atoms with Crippen molar-refractivity contribution in [3.8, 4) is 0 Å². The van der Waals surface area contributed by atoms with Crippen molar-refractivity contribution in [2.45, 2.75) is 19.9 Å². The highest BCUT2D eigenvalue weighted by molar-refractivity contribution is 6.06. The molecule has 136 valence electrons. The molecule has 0 saturated carbocycles. The van der Waals surface area contributed by atoms with E-state index in [2.05, 4.69) is 0 Å². The topological polar surface area (TPSA) is 57.6 Å². The lowest BCUT2D eigenvalue weighted by atomic mass is 10.1. The monoisotopic (exact) mass is 359 g/mol. The highest BCUT2D eigenvalue weighted by Crippen LogP contribution is 2.22. The number of nitrogens with zero attached hydrogens (tertiary/aromatic N) is 1. The maximum atomic E-state index is 13.2. The van der Waals surface area contributed by atoms with Gasteiger partial charge in [-0.25, -0.2) is 0 Å². The summed E-state index contributed by atoms with van der Waals surface area (Å²) in [6, 6.07) is 24.3. The quantitative estimate of drug-likeness (QED) is 0.706. The fraction of sp³-hybridized carbons (Fsp3) is 0.130. The van der Waals surface area contributed by atoms with Gasteiger partial charge in [0.1, 0.15) is 0 Å². The van der Waals surface area contributed by atoms with E-state index < -0.39 is 5.97 Å². The number of amides is 1. The van der Waals surface area contributed by atoms with Gasteiger partial charge in [0.05, 0.1) is 13.0 Å². The largest absolute Gasteiger partial charge is 0.481 e. The Bertz CT molecular complexity index is 933. The zero-order chi connectivity index (χ0) is 19.2. The summed E-state index contributed by atoms with van der Waals surface area (Å²) in [5.41, 5.74) is 4.03. The Labute approximate surface area is 158 Å². The molecule has 0 heterocycles. The third-order valence-electron chi connectivity index (χ3n) is 4.30. The Kier molecular flexibility index (Phi) is 5.67. The first-order chi connectivity index (χ1) is 13.0. The van der Waals surface area contributed by atoms with Gasteiger partial charge in [0.25, 0.3) is 5.91 Å². The highest BCUT2D eigenvalue weighted by atomic mass is 16.4. The predicted octanol–water partition coefficient (Wildman–Crippen LogP) is 4.47. The molecule has 1 N–H and O–H groups in total. The van der Waals surface area contributed by atoms with Crippen LogP contribution in [0, 0.1) is 6.92 Å².